The zero-order valence-corrected chi connectivity index (χ0v) is 14.8. The first-order valence-electron chi connectivity index (χ1n) is 7.91. The second-order valence-electron chi connectivity index (χ2n) is 5.39. The van der Waals surface area contributed by atoms with E-state index in [-0.39, 0.29) is 5.54 Å². The summed E-state index contributed by atoms with van der Waals surface area (Å²) >= 11 is 1.75. The Labute approximate surface area is 128 Å². The standard InChI is InChI=1S/C16H31N3S/c1-7-16(8-2,19(9-3)10-4)15(17-6)11-14-12-20-13(5)18-14/h12,15,17H,7-11H2,1-6H3. The Morgan fingerprint density at radius 1 is 1.25 bits per heavy atom. The number of aromatic nitrogens is 1. The highest BCUT2D eigenvalue weighted by molar-refractivity contribution is 7.09. The Bertz CT molecular complexity index is 381. The van der Waals surface area contributed by atoms with Gasteiger partial charge in [-0.2, -0.15) is 0 Å². The molecule has 0 aliphatic carbocycles. The summed E-state index contributed by atoms with van der Waals surface area (Å²) in [6, 6.07) is 0.443. The molecule has 1 rings (SSSR count). The minimum atomic E-state index is 0.218. The van der Waals surface area contributed by atoms with Crippen LogP contribution in [0.15, 0.2) is 5.38 Å². The molecule has 0 radical (unpaired) electrons. The van der Waals surface area contributed by atoms with E-state index >= 15 is 0 Å². The van der Waals surface area contributed by atoms with Crippen molar-refractivity contribution in [2.75, 3.05) is 20.1 Å². The Balaban J connectivity index is 3.01. The molecular formula is C16H31N3S. The van der Waals surface area contributed by atoms with E-state index in [1.54, 1.807) is 11.3 Å². The lowest BCUT2D eigenvalue weighted by Gasteiger charge is -2.48. The maximum absolute atomic E-state index is 4.65. The van der Waals surface area contributed by atoms with Gasteiger partial charge in [0.25, 0.3) is 0 Å². The van der Waals surface area contributed by atoms with E-state index in [4.69, 9.17) is 0 Å². The van der Waals surface area contributed by atoms with E-state index in [9.17, 15) is 0 Å². The monoisotopic (exact) mass is 297 g/mol. The molecule has 0 bridgehead atoms. The van der Waals surface area contributed by atoms with E-state index in [1.807, 2.05) is 0 Å². The second kappa shape index (κ2) is 8.11. The van der Waals surface area contributed by atoms with Gasteiger partial charge in [0, 0.05) is 23.4 Å². The number of hydrogen-bond acceptors (Lipinski definition) is 4. The topological polar surface area (TPSA) is 28.2 Å². The van der Waals surface area contributed by atoms with Crippen molar-refractivity contribution in [2.45, 2.75) is 65.5 Å². The van der Waals surface area contributed by atoms with Crippen LogP contribution in [0.5, 0.6) is 0 Å². The summed E-state index contributed by atoms with van der Waals surface area (Å²) in [5.74, 6) is 0. The second-order valence-corrected chi connectivity index (χ2v) is 6.45. The third-order valence-electron chi connectivity index (χ3n) is 4.69. The van der Waals surface area contributed by atoms with Gasteiger partial charge in [-0.1, -0.05) is 27.7 Å². The Kier molecular flexibility index (Phi) is 7.13. The van der Waals surface area contributed by atoms with Crippen LogP contribution in [0.4, 0.5) is 0 Å². The normalized spacial score (nSPS) is 13.9. The minimum Gasteiger partial charge on any atom is -0.315 e. The van der Waals surface area contributed by atoms with Gasteiger partial charge >= 0.3 is 0 Å². The Hall–Kier alpha value is -0.450. The first-order chi connectivity index (χ1) is 9.57. The number of likely N-dealkylation sites (N-methyl/N-ethyl adjacent to an activating group) is 2. The van der Waals surface area contributed by atoms with Crippen LogP contribution in [0, 0.1) is 6.92 Å². The average Bonchev–Trinajstić information content (AvgIpc) is 2.88. The number of aryl methyl sites for hydroxylation is 1. The number of nitrogens with zero attached hydrogens (tertiary/aromatic N) is 2. The Morgan fingerprint density at radius 3 is 2.20 bits per heavy atom. The van der Waals surface area contributed by atoms with Gasteiger partial charge in [0.1, 0.15) is 0 Å². The molecule has 1 heterocycles. The molecular weight excluding hydrogens is 266 g/mol. The molecule has 0 aliphatic rings. The summed E-state index contributed by atoms with van der Waals surface area (Å²) in [6.45, 7) is 13.5. The lowest BCUT2D eigenvalue weighted by molar-refractivity contribution is 0.0517. The molecule has 3 nitrogen and oxygen atoms in total. The summed E-state index contributed by atoms with van der Waals surface area (Å²) in [7, 11) is 2.09. The van der Waals surface area contributed by atoms with E-state index < -0.39 is 0 Å². The smallest absolute Gasteiger partial charge is 0.0897 e. The summed E-state index contributed by atoms with van der Waals surface area (Å²) in [4.78, 5) is 7.27. The first-order valence-corrected chi connectivity index (χ1v) is 8.79. The predicted molar refractivity (Wildman–Crippen MR) is 89.6 cm³/mol. The molecule has 0 fully saturated rings. The molecule has 4 heteroatoms. The van der Waals surface area contributed by atoms with Crippen LogP contribution in [0.3, 0.4) is 0 Å². The molecule has 1 aromatic rings. The van der Waals surface area contributed by atoms with E-state index in [0.717, 1.165) is 24.5 Å². The molecule has 0 spiro atoms. The summed E-state index contributed by atoms with van der Waals surface area (Å²) in [5, 5.41) is 6.94. The van der Waals surface area contributed by atoms with Gasteiger partial charge in [0.15, 0.2) is 0 Å². The highest BCUT2D eigenvalue weighted by Crippen LogP contribution is 2.30. The van der Waals surface area contributed by atoms with Crippen molar-refractivity contribution in [1.82, 2.24) is 15.2 Å². The highest BCUT2D eigenvalue weighted by atomic mass is 32.1. The van der Waals surface area contributed by atoms with E-state index in [2.05, 4.69) is 62.2 Å². The molecule has 1 atom stereocenters. The SMILES string of the molecule is CCN(CC)C(CC)(CC)C(Cc1csc(C)n1)NC. The maximum Gasteiger partial charge on any atom is 0.0897 e. The van der Waals surface area contributed by atoms with Crippen molar-refractivity contribution in [3.63, 3.8) is 0 Å². The largest absolute Gasteiger partial charge is 0.315 e. The van der Waals surface area contributed by atoms with Crippen LogP contribution in [0.25, 0.3) is 0 Å². The Morgan fingerprint density at radius 2 is 1.85 bits per heavy atom. The number of thiazole rings is 1. The zero-order chi connectivity index (χ0) is 15.2. The van der Waals surface area contributed by atoms with Crippen LogP contribution >= 0.6 is 11.3 Å². The lowest BCUT2D eigenvalue weighted by atomic mass is 9.80. The number of rotatable bonds is 9. The summed E-state index contributed by atoms with van der Waals surface area (Å²) in [6.07, 6.45) is 3.35. The van der Waals surface area contributed by atoms with Crippen molar-refractivity contribution in [1.29, 1.82) is 0 Å². The lowest BCUT2D eigenvalue weighted by Crippen LogP contribution is -2.61. The van der Waals surface area contributed by atoms with Crippen molar-refractivity contribution < 1.29 is 0 Å². The maximum atomic E-state index is 4.65. The van der Waals surface area contributed by atoms with Crippen LogP contribution in [-0.2, 0) is 6.42 Å². The molecule has 20 heavy (non-hydrogen) atoms. The molecule has 0 amide bonds. The van der Waals surface area contributed by atoms with Gasteiger partial charge in [-0.25, -0.2) is 4.98 Å². The fourth-order valence-corrected chi connectivity index (χ4v) is 4.16. The quantitative estimate of drug-likeness (QED) is 0.756. The van der Waals surface area contributed by atoms with Crippen LogP contribution in [0.2, 0.25) is 0 Å². The summed E-state index contributed by atoms with van der Waals surface area (Å²) in [5.41, 5.74) is 1.45. The van der Waals surface area contributed by atoms with Crippen LogP contribution in [0.1, 0.15) is 51.2 Å². The van der Waals surface area contributed by atoms with E-state index in [0.29, 0.717) is 6.04 Å². The van der Waals surface area contributed by atoms with Gasteiger partial charge in [-0.05, 0) is 39.9 Å². The van der Waals surface area contributed by atoms with Crippen LogP contribution in [-0.4, -0.2) is 41.6 Å². The molecule has 1 aromatic heterocycles. The zero-order valence-electron chi connectivity index (χ0n) is 14.0. The molecule has 116 valence electrons. The molecule has 1 N–H and O–H groups in total. The van der Waals surface area contributed by atoms with Crippen molar-refractivity contribution >= 4 is 11.3 Å². The number of nitrogens with one attached hydrogen (secondary N) is 1. The van der Waals surface area contributed by atoms with Crippen molar-refractivity contribution in [3.05, 3.63) is 16.1 Å². The third kappa shape index (κ3) is 3.60. The predicted octanol–water partition coefficient (Wildman–Crippen LogP) is 3.48. The third-order valence-corrected chi connectivity index (χ3v) is 5.52. The van der Waals surface area contributed by atoms with Crippen molar-refractivity contribution in [3.8, 4) is 0 Å². The fraction of sp³-hybridized carbons (Fsp3) is 0.812. The van der Waals surface area contributed by atoms with Crippen LogP contribution < -0.4 is 5.32 Å². The molecule has 0 saturated heterocycles. The summed E-state index contributed by atoms with van der Waals surface area (Å²) < 4.78 is 0. The van der Waals surface area contributed by atoms with E-state index in [1.165, 1.54) is 18.5 Å². The van der Waals surface area contributed by atoms with Gasteiger partial charge in [-0.15, -0.1) is 11.3 Å². The van der Waals surface area contributed by atoms with Gasteiger partial charge in [-0.3, -0.25) is 4.90 Å². The fourth-order valence-electron chi connectivity index (χ4n) is 3.54. The highest BCUT2D eigenvalue weighted by Gasteiger charge is 2.39. The first kappa shape index (κ1) is 17.6. The number of hydrogen-bond donors (Lipinski definition) is 1. The molecule has 0 aromatic carbocycles. The molecule has 0 aliphatic heterocycles. The minimum absolute atomic E-state index is 0.218. The van der Waals surface area contributed by atoms with Gasteiger partial charge < -0.3 is 5.32 Å². The molecule has 0 saturated carbocycles. The van der Waals surface area contributed by atoms with Gasteiger partial charge in [0.2, 0.25) is 0 Å². The van der Waals surface area contributed by atoms with Crippen molar-refractivity contribution in [2.24, 2.45) is 0 Å². The van der Waals surface area contributed by atoms with Gasteiger partial charge in [0.05, 0.1) is 10.7 Å². The average molecular weight is 298 g/mol. The molecule has 1 unspecified atom stereocenters.